The molecular formula is C23H20Cl2N2O4. The summed E-state index contributed by atoms with van der Waals surface area (Å²) in [7, 11) is 3.08. The average molecular weight is 459 g/mol. The van der Waals surface area contributed by atoms with Gasteiger partial charge in [0.25, 0.3) is 5.91 Å². The van der Waals surface area contributed by atoms with Crippen LogP contribution in [0.2, 0.25) is 10.0 Å². The molecule has 3 aromatic rings. The minimum absolute atomic E-state index is 0.329. The lowest BCUT2D eigenvalue weighted by Gasteiger charge is -2.27. The van der Waals surface area contributed by atoms with Crippen LogP contribution in [0.4, 0.5) is 0 Å². The highest BCUT2D eigenvalue weighted by atomic mass is 35.5. The van der Waals surface area contributed by atoms with Gasteiger partial charge in [-0.1, -0.05) is 47.5 Å². The van der Waals surface area contributed by atoms with Crippen LogP contribution < -0.4 is 14.9 Å². The van der Waals surface area contributed by atoms with Crippen molar-refractivity contribution in [1.29, 1.82) is 0 Å². The summed E-state index contributed by atoms with van der Waals surface area (Å²) in [5.41, 5.74) is 1.68. The molecule has 0 atom stereocenters. The maximum absolute atomic E-state index is 13.1. The number of benzene rings is 3. The van der Waals surface area contributed by atoms with Crippen LogP contribution in [0.25, 0.3) is 0 Å². The van der Waals surface area contributed by atoms with E-state index < -0.39 is 11.5 Å². The van der Waals surface area contributed by atoms with E-state index >= 15 is 0 Å². The Bertz CT molecular complexity index is 1020. The fourth-order valence-electron chi connectivity index (χ4n) is 2.96. The van der Waals surface area contributed by atoms with Crippen molar-refractivity contribution >= 4 is 35.3 Å². The van der Waals surface area contributed by atoms with Crippen molar-refractivity contribution in [1.82, 2.24) is 5.43 Å². The van der Waals surface area contributed by atoms with E-state index in [9.17, 15) is 9.90 Å². The number of hydrogen-bond donors (Lipinski definition) is 2. The Morgan fingerprint density at radius 3 is 1.77 bits per heavy atom. The predicted molar refractivity (Wildman–Crippen MR) is 121 cm³/mol. The number of aliphatic hydroxyl groups is 1. The number of nitrogens with zero attached hydrogens (tertiary/aromatic N) is 1. The maximum Gasteiger partial charge on any atom is 0.281 e. The number of hydrazone groups is 1. The molecule has 160 valence electrons. The lowest BCUT2D eigenvalue weighted by Crippen LogP contribution is -2.43. The summed E-state index contributed by atoms with van der Waals surface area (Å²) in [5.74, 6) is 0.403. The second kappa shape index (κ2) is 9.83. The fraction of sp³-hybridized carbons (Fsp3) is 0.130. The summed E-state index contributed by atoms with van der Waals surface area (Å²) in [6.07, 6.45) is 1.42. The molecule has 6 nitrogen and oxygen atoms in total. The number of nitrogens with one attached hydrogen (secondary N) is 1. The summed E-state index contributed by atoms with van der Waals surface area (Å²) < 4.78 is 10.4. The average Bonchev–Trinajstić information content (AvgIpc) is 2.79. The second-order valence-corrected chi connectivity index (χ2v) is 7.44. The molecule has 0 saturated heterocycles. The molecule has 0 aliphatic rings. The van der Waals surface area contributed by atoms with E-state index in [-0.39, 0.29) is 0 Å². The zero-order valence-corrected chi connectivity index (χ0v) is 18.3. The first-order valence-corrected chi connectivity index (χ1v) is 9.93. The first kappa shape index (κ1) is 22.6. The van der Waals surface area contributed by atoms with E-state index in [0.29, 0.717) is 38.2 Å². The van der Waals surface area contributed by atoms with Gasteiger partial charge in [-0.3, -0.25) is 4.79 Å². The molecule has 0 saturated carbocycles. The lowest BCUT2D eigenvalue weighted by atomic mass is 9.85. The summed E-state index contributed by atoms with van der Waals surface area (Å²) in [4.78, 5) is 13.1. The number of ether oxygens (including phenoxy) is 2. The van der Waals surface area contributed by atoms with E-state index in [1.807, 2.05) is 0 Å². The Kier molecular flexibility index (Phi) is 7.17. The van der Waals surface area contributed by atoms with E-state index in [0.717, 1.165) is 0 Å². The van der Waals surface area contributed by atoms with Crippen molar-refractivity contribution in [2.24, 2.45) is 5.10 Å². The number of carbonyl (C=O) groups is 1. The molecule has 0 heterocycles. The molecule has 3 aromatic carbocycles. The Balaban J connectivity index is 1.91. The smallest absolute Gasteiger partial charge is 0.281 e. The maximum atomic E-state index is 13.1. The standard InChI is InChI=1S/C23H20Cl2N2O4/c1-30-20-11-15(12-21(13-20)31-2)14-26-27-22(28)23(29,16-3-7-18(24)8-4-16)17-5-9-19(25)10-6-17/h3-14,29H,1-2H3,(H,27,28)/b26-14-. The molecule has 3 rings (SSSR count). The van der Waals surface area contributed by atoms with Gasteiger partial charge < -0.3 is 14.6 Å². The largest absolute Gasteiger partial charge is 0.497 e. The van der Waals surface area contributed by atoms with Crippen LogP contribution in [0.3, 0.4) is 0 Å². The molecule has 0 spiro atoms. The van der Waals surface area contributed by atoms with Gasteiger partial charge in [-0.25, -0.2) is 5.43 Å². The topological polar surface area (TPSA) is 80.2 Å². The molecule has 1 amide bonds. The Hall–Kier alpha value is -3.06. The minimum Gasteiger partial charge on any atom is -0.497 e. The van der Waals surface area contributed by atoms with Crippen LogP contribution in [0.5, 0.6) is 11.5 Å². The van der Waals surface area contributed by atoms with Crippen LogP contribution >= 0.6 is 23.2 Å². The highest BCUT2D eigenvalue weighted by molar-refractivity contribution is 6.30. The van der Waals surface area contributed by atoms with E-state index in [4.69, 9.17) is 32.7 Å². The summed E-state index contributed by atoms with van der Waals surface area (Å²) in [5, 5.41) is 16.4. The van der Waals surface area contributed by atoms with Crippen LogP contribution in [0.15, 0.2) is 71.8 Å². The third-order valence-electron chi connectivity index (χ3n) is 4.61. The van der Waals surface area contributed by atoms with Crippen LogP contribution in [-0.2, 0) is 10.4 Å². The van der Waals surface area contributed by atoms with E-state index in [2.05, 4.69) is 10.5 Å². The van der Waals surface area contributed by atoms with Crippen molar-refractivity contribution in [3.8, 4) is 11.5 Å². The molecule has 0 bridgehead atoms. The highest BCUT2D eigenvalue weighted by Gasteiger charge is 2.40. The number of hydrogen-bond acceptors (Lipinski definition) is 5. The molecule has 0 aliphatic carbocycles. The van der Waals surface area contributed by atoms with Crippen molar-refractivity contribution in [2.45, 2.75) is 5.60 Å². The van der Waals surface area contributed by atoms with Gasteiger partial charge in [0, 0.05) is 21.7 Å². The van der Waals surface area contributed by atoms with Crippen LogP contribution in [0.1, 0.15) is 16.7 Å². The first-order valence-electron chi connectivity index (χ1n) is 9.18. The third-order valence-corrected chi connectivity index (χ3v) is 5.11. The third kappa shape index (κ3) is 5.17. The van der Waals surface area contributed by atoms with E-state index in [1.165, 1.54) is 20.4 Å². The normalized spacial score (nSPS) is 11.4. The molecule has 0 aliphatic heterocycles. The minimum atomic E-state index is -2.02. The van der Waals surface area contributed by atoms with Crippen molar-refractivity contribution in [3.05, 3.63) is 93.5 Å². The first-order chi connectivity index (χ1) is 14.9. The van der Waals surface area contributed by atoms with Gasteiger partial charge in [0.1, 0.15) is 11.5 Å². The number of amides is 1. The van der Waals surface area contributed by atoms with Crippen molar-refractivity contribution < 1.29 is 19.4 Å². The lowest BCUT2D eigenvalue weighted by molar-refractivity contribution is -0.136. The molecule has 0 unspecified atom stereocenters. The van der Waals surface area contributed by atoms with Gasteiger partial charge in [0.05, 0.1) is 20.4 Å². The predicted octanol–water partition coefficient (Wildman–Crippen LogP) is 4.40. The van der Waals surface area contributed by atoms with Gasteiger partial charge in [0.15, 0.2) is 5.60 Å². The monoisotopic (exact) mass is 458 g/mol. The quantitative estimate of drug-likeness (QED) is 0.406. The van der Waals surface area contributed by atoms with Gasteiger partial charge >= 0.3 is 0 Å². The zero-order valence-electron chi connectivity index (χ0n) is 16.8. The Morgan fingerprint density at radius 2 is 1.35 bits per heavy atom. The number of methoxy groups -OCH3 is 2. The zero-order chi connectivity index (χ0) is 22.4. The number of carbonyl (C=O) groups excluding carboxylic acids is 1. The molecule has 0 radical (unpaired) electrons. The molecule has 0 aromatic heterocycles. The van der Waals surface area contributed by atoms with Gasteiger partial charge in [-0.05, 0) is 47.5 Å². The van der Waals surface area contributed by atoms with E-state index in [1.54, 1.807) is 66.7 Å². The van der Waals surface area contributed by atoms with Crippen molar-refractivity contribution in [2.75, 3.05) is 14.2 Å². The second-order valence-electron chi connectivity index (χ2n) is 6.57. The molecule has 2 N–H and O–H groups in total. The van der Waals surface area contributed by atoms with Gasteiger partial charge in [-0.15, -0.1) is 0 Å². The Morgan fingerprint density at radius 1 is 0.903 bits per heavy atom. The van der Waals surface area contributed by atoms with Crippen molar-refractivity contribution in [3.63, 3.8) is 0 Å². The van der Waals surface area contributed by atoms with Gasteiger partial charge in [-0.2, -0.15) is 5.10 Å². The summed E-state index contributed by atoms with van der Waals surface area (Å²) in [6, 6.07) is 17.9. The van der Waals surface area contributed by atoms with Crippen LogP contribution in [0, 0.1) is 0 Å². The summed E-state index contributed by atoms with van der Waals surface area (Å²) in [6.45, 7) is 0. The molecule has 8 heteroatoms. The number of rotatable bonds is 7. The number of halogens is 2. The summed E-state index contributed by atoms with van der Waals surface area (Å²) >= 11 is 11.9. The SMILES string of the molecule is COc1cc(/C=N\NC(=O)C(O)(c2ccc(Cl)cc2)c2ccc(Cl)cc2)cc(OC)c1. The molecule has 31 heavy (non-hydrogen) atoms. The Labute approximate surface area is 190 Å². The van der Waals surface area contributed by atoms with Crippen LogP contribution in [-0.4, -0.2) is 31.4 Å². The molecule has 0 fully saturated rings. The van der Waals surface area contributed by atoms with Gasteiger partial charge in [0.2, 0.25) is 0 Å². The fourth-order valence-corrected chi connectivity index (χ4v) is 3.21. The molecular weight excluding hydrogens is 439 g/mol. The highest BCUT2D eigenvalue weighted by Crippen LogP contribution is 2.32.